The molecule has 0 aliphatic carbocycles. The third-order valence-electron chi connectivity index (χ3n) is 1.76. The van der Waals surface area contributed by atoms with E-state index in [1.54, 1.807) is 12.3 Å². The summed E-state index contributed by atoms with van der Waals surface area (Å²) in [6, 6.07) is 1.60. The molecule has 0 aliphatic heterocycles. The van der Waals surface area contributed by atoms with E-state index in [4.69, 9.17) is 9.84 Å². The molecule has 0 saturated carbocycles. The van der Waals surface area contributed by atoms with Crippen LogP contribution < -0.4 is 4.74 Å². The highest BCUT2D eigenvalue weighted by atomic mass is 16.5. The molecule has 7 nitrogen and oxygen atoms in total. The summed E-state index contributed by atoms with van der Waals surface area (Å²) >= 11 is 0. The Morgan fingerprint density at radius 1 is 1.56 bits per heavy atom. The number of ether oxygens (including phenoxy) is 1. The Morgan fingerprint density at radius 3 is 3.12 bits per heavy atom. The number of carboxylic acids is 1. The van der Waals surface area contributed by atoms with Crippen LogP contribution in [0.3, 0.4) is 0 Å². The maximum absolute atomic E-state index is 10.6. The van der Waals surface area contributed by atoms with E-state index in [-0.39, 0.29) is 12.3 Å². The average molecular weight is 220 g/mol. The van der Waals surface area contributed by atoms with Gasteiger partial charge in [0.2, 0.25) is 11.8 Å². The molecule has 0 unspecified atom stereocenters. The Labute approximate surface area is 90.1 Å². The van der Waals surface area contributed by atoms with E-state index in [0.717, 1.165) is 0 Å². The fraction of sp³-hybridized carbons (Fsp3) is 0.111. The molecule has 0 atom stereocenters. The molecule has 2 aromatic heterocycles. The van der Waals surface area contributed by atoms with Gasteiger partial charge in [-0.15, -0.1) is 5.10 Å². The van der Waals surface area contributed by atoms with Gasteiger partial charge in [-0.2, -0.15) is 0 Å². The molecule has 2 aromatic rings. The van der Waals surface area contributed by atoms with Crippen molar-refractivity contribution in [1.82, 2.24) is 20.2 Å². The van der Waals surface area contributed by atoms with Gasteiger partial charge < -0.3 is 9.84 Å². The lowest BCUT2D eigenvalue weighted by molar-refractivity contribution is -0.136. The summed E-state index contributed by atoms with van der Waals surface area (Å²) < 4.78 is 5.29. The number of hydrogen-bond donors (Lipinski definition) is 2. The second-order valence-electron chi connectivity index (χ2n) is 2.94. The lowest BCUT2D eigenvalue weighted by atomic mass is 10.2. The molecule has 2 rings (SSSR count). The summed E-state index contributed by atoms with van der Waals surface area (Å²) in [5.74, 6) is -0.448. The lowest BCUT2D eigenvalue weighted by Crippen LogP contribution is -2.04. The molecule has 0 aliphatic rings. The van der Waals surface area contributed by atoms with Gasteiger partial charge in [0.25, 0.3) is 0 Å². The molecule has 0 fully saturated rings. The standard InChI is InChI=1S/C9H8N4O3/c14-8(15)3-6-4-10-5-11-9(6)16-7-1-2-12-13-7/h1-2,4-5H,3H2,(H,12,13)(H,14,15). The molecule has 2 heterocycles. The number of nitrogens with zero attached hydrogens (tertiary/aromatic N) is 3. The zero-order valence-electron chi connectivity index (χ0n) is 8.12. The molecular weight excluding hydrogens is 212 g/mol. The van der Waals surface area contributed by atoms with Crippen molar-refractivity contribution in [2.45, 2.75) is 6.42 Å². The fourth-order valence-electron chi connectivity index (χ4n) is 1.13. The van der Waals surface area contributed by atoms with Crippen LogP contribution in [0, 0.1) is 0 Å². The second-order valence-corrected chi connectivity index (χ2v) is 2.94. The van der Waals surface area contributed by atoms with Crippen LogP contribution in [0.25, 0.3) is 0 Å². The highest BCUT2D eigenvalue weighted by Crippen LogP contribution is 2.20. The molecule has 0 aromatic carbocycles. The Bertz CT molecular complexity index is 483. The van der Waals surface area contributed by atoms with E-state index in [1.165, 1.54) is 12.5 Å². The largest absolute Gasteiger partial charge is 0.481 e. The van der Waals surface area contributed by atoms with Gasteiger partial charge in [-0.25, -0.2) is 9.97 Å². The first-order valence-electron chi connectivity index (χ1n) is 4.44. The molecular formula is C9H8N4O3. The summed E-state index contributed by atoms with van der Waals surface area (Å²) in [6.45, 7) is 0. The monoisotopic (exact) mass is 220 g/mol. The van der Waals surface area contributed by atoms with Crippen molar-refractivity contribution in [2.75, 3.05) is 0 Å². The first kappa shape index (κ1) is 10.1. The number of rotatable bonds is 4. The van der Waals surface area contributed by atoms with Gasteiger partial charge in [-0.05, 0) is 0 Å². The second kappa shape index (κ2) is 4.39. The minimum absolute atomic E-state index is 0.194. The Morgan fingerprint density at radius 2 is 2.44 bits per heavy atom. The van der Waals surface area contributed by atoms with Crippen molar-refractivity contribution in [3.05, 3.63) is 30.4 Å². The maximum Gasteiger partial charge on any atom is 0.308 e. The predicted octanol–water partition coefficient (Wildman–Crippen LogP) is 0.619. The van der Waals surface area contributed by atoms with Crippen LogP contribution in [0.1, 0.15) is 5.56 Å². The number of aromatic nitrogens is 4. The molecule has 82 valence electrons. The number of H-pyrrole nitrogens is 1. The van der Waals surface area contributed by atoms with E-state index in [1.807, 2.05) is 0 Å². The number of carboxylic acid groups (broad SMARTS) is 1. The van der Waals surface area contributed by atoms with Gasteiger partial charge in [-0.3, -0.25) is 9.89 Å². The fourth-order valence-corrected chi connectivity index (χ4v) is 1.13. The van der Waals surface area contributed by atoms with Crippen molar-refractivity contribution in [3.8, 4) is 11.8 Å². The summed E-state index contributed by atoms with van der Waals surface area (Å²) in [7, 11) is 0. The van der Waals surface area contributed by atoms with Crippen LogP contribution in [0.4, 0.5) is 0 Å². The van der Waals surface area contributed by atoms with E-state index >= 15 is 0 Å². The summed E-state index contributed by atoms with van der Waals surface area (Å²) in [5.41, 5.74) is 0.401. The van der Waals surface area contributed by atoms with Crippen molar-refractivity contribution in [3.63, 3.8) is 0 Å². The molecule has 0 radical (unpaired) electrons. The highest BCUT2D eigenvalue weighted by Gasteiger charge is 2.10. The number of nitrogens with one attached hydrogen (secondary N) is 1. The smallest absolute Gasteiger partial charge is 0.308 e. The molecule has 0 amide bonds. The Kier molecular flexibility index (Phi) is 2.77. The molecule has 0 saturated heterocycles. The van der Waals surface area contributed by atoms with Gasteiger partial charge in [0.1, 0.15) is 6.33 Å². The van der Waals surface area contributed by atoms with Crippen molar-refractivity contribution in [1.29, 1.82) is 0 Å². The summed E-state index contributed by atoms with van der Waals surface area (Å²) in [5, 5.41) is 15.0. The van der Waals surface area contributed by atoms with Gasteiger partial charge in [0.15, 0.2) is 0 Å². The molecule has 0 spiro atoms. The number of carbonyl (C=O) groups is 1. The van der Waals surface area contributed by atoms with Crippen LogP contribution in [0.15, 0.2) is 24.8 Å². The van der Waals surface area contributed by atoms with Crippen molar-refractivity contribution < 1.29 is 14.6 Å². The van der Waals surface area contributed by atoms with E-state index in [0.29, 0.717) is 11.4 Å². The summed E-state index contributed by atoms with van der Waals surface area (Å²) in [4.78, 5) is 18.2. The maximum atomic E-state index is 10.6. The Hall–Kier alpha value is -2.44. The first-order valence-corrected chi connectivity index (χ1v) is 4.44. The van der Waals surface area contributed by atoms with Gasteiger partial charge in [0, 0.05) is 24.0 Å². The topological polar surface area (TPSA) is 101 Å². The average Bonchev–Trinajstić information content (AvgIpc) is 2.73. The zero-order chi connectivity index (χ0) is 11.4. The molecule has 0 bridgehead atoms. The van der Waals surface area contributed by atoms with E-state index in [2.05, 4.69) is 20.2 Å². The SMILES string of the molecule is O=C(O)Cc1cncnc1Oc1cc[nH]n1. The normalized spacial score (nSPS) is 10.0. The third-order valence-corrected chi connectivity index (χ3v) is 1.76. The minimum atomic E-state index is -0.971. The van der Waals surface area contributed by atoms with Crippen LogP contribution in [0.5, 0.6) is 11.8 Å². The minimum Gasteiger partial charge on any atom is -0.481 e. The number of aliphatic carboxylic acids is 1. The van der Waals surface area contributed by atoms with Gasteiger partial charge in [0.05, 0.1) is 6.42 Å². The summed E-state index contributed by atoms with van der Waals surface area (Å²) in [6.07, 6.45) is 4.09. The lowest BCUT2D eigenvalue weighted by Gasteiger charge is -2.04. The van der Waals surface area contributed by atoms with Crippen LogP contribution >= 0.6 is 0 Å². The van der Waals surface area contributed by atoms with Gasteiger partial charge >= 0.3 is 5.97 Å². The van der Waals surface area contributed by atoms with E-state index < -0.39 is 5.97 Å². The molecule has 16 heavy (non-hydrogen) atoms. The van der Waals surface area contributed by atoms with E-state index in [9.17, 15) is 4.79 Å². The van der Waals surface area contributed by atoms with Crippen LogP contribution in [-0.4, -0.2) is 31.2 Å². The zero-order valence-corrected chi connectivity index (χ0v) is 8.12. The van der Waals surface area contributed by atoms with Crippen LogP contribution in [0.2, 0.25) is 0 Å². The third kappa shape index (κ3) is 2.32. The van der Waals surface area contributed by atoms with Crippen LogP contribution in [-0.2, 0) is 11.2 Å². The quantitative estimate of drug-likeness (QED) is 0.783. The Balaban J connectivity index is 2.22. The number of hydrogen-bond acceptors (Lipinski definition) is 5. The van der Waals surface area contributed by atoms with Crippen molar-refractivity contribution >= 4 is 5.97 Å². The van der Waals surface area contributed by atoms with Gasteiger partial charge in [-0.1, -0.05) is 0 Å². The molecule has 2 N–H and O–H groups in total. The molecule has 7 heteroatoms. The first-order chi connectivity index (χ1) is 7.75. The predicted molar refractivity (Wildman–Crippen MR) is 52.0 cm³/mol. The van der Waals surface area contributed by atoms with Crippen molar-refractivity contribution in [2.24, 2.45) is 0 Å². The highest BCUT2D eigenvalue weighted by molar-refractivity contribution is 5.70. The number of aromatic amines is 1.